The molecular weight excluding hydrogens is 278 g/mol. The van der Waals surface area contributed by atoms with E-state index in [0.717, 1.165) is 41.6 Å². The summed E-state index contributed by atoms with van der Waals surface area (Å²) < 4.78 is 0. The van der Waals surface area contributed by atoms with Gasteiger partial charge in [0.15, 0.2) is 0 Å². The number of carboxylic acids is 1. The van der Waals surface area contributed by atoms with Crippen LogP contribution in [0.5, 0.6) is 0 Å². The van der Waals surface area contributed by atoms with Crippen LogP contribution < -0.4 is 5.32 Å². The highest BCUT2D eigenvalue weighted by molar-refractivity contribution is 5.95. The van der Waals surface area contributed by atoms with Gasteiger partial charge in [0.05, 0.1) is 5.41 Å². The van der Waals surface area contributed by atoms with Gasteiger partial charge in [-0.1, -0.05) is 37.0 Å². The first-order valence-electron chi connectivity index (χ1n) is 7.95. The summed E-state index contributed by atoms with van der Waals surface area (Å²) in [5.41, 5.74) is 3.11. The summed E-state index contributed by atoms with van der Waals surface area (Å²) in [7, 11) is 0. The summed E-state index contributed by atoms with van der Waals surface area (Å²) in [5.74, 6) is -1.03. The van der Waals surface area contributed by atoms with Crippen molar-refractivity contribution < 1.29 is 14.7 Å². The van der Waals surface area contributed by atoms with Gasteiger partial charge in [0, 0.05) is 12.1 Å². The lowest BCUT2D eigenvalue weighted by Crippen LogP contribution is -2.37. The second kappa shape index (κ2) is 6.51. The number of carboxylic acid groups (broad SMARTS) is 1. The van der Waals surface area contributed by atoms with Gasteiger partial charge in [-0.2, -0.15) is 0 Å². The molecular formula is C18H25NO3. The average Bonchev–Trinajstić information content (AvgIpc) is 2.43. The van der Waals surface area contributed by atoms with Gasteiger partial charge in [0.2, 0.25) is 5.91 Å². The number of benzene rings is 1. The standard InChI is InChI=1S/C18H25NO3/c1-12-9-13(2)16(14(3)10-12)19-15(20)11-18(17(21)22)7-5-4-6-8-18/h9-10H,4-8,11H2,1-3H3,(H,19,20)(H,21,22). The summed E-state index contributed by atoms with van der Waals surface area (Å²) in [5, 5.41) is 12.5. The Balaban J connectivity index is 2.14. The molecule has 0 bridgehead atoms. The smallest absolute Gasteiger partial charge is 0.310 e. The molecule has 22 heavy (non-hydrogen) atoms. The largest absolute Gasteiger partial charge is 0.481 e. The van der Waals surface area contributed by atoms with E-state index >= 15 is 0 Å². The minimum atomic E-state index is -0.880. The molecule has 2 N–H and O–H groups in total. The Morgan fingerprint density at radius 3 is 2.14 bits per heavy atom. The van der Waals surface area contributed by atoms with Gasteiger partial charge in [0.25, 0.3) is 0 Å². The molecule has 1 aromatic rings. The van der Waals surface area contributed by atoms with E-state index in [9.17, 15) is 14.7 Å². The molecule has 0 heterocycles. The Morgan fingerprint density at radius 1 is 1.09 bits per heavy atom. The minimum Gasteiger partial charge on any atom is -0.481 e. The van der Waals surface area contributed by atoms with Crippen molar-refractivity contribution in [3.63, 3.8) is 0 Å². The quantitative estimate of drug-likeness (QED) is 0.884. The Kier molecular flexibility index (Phi) is 4.89. The fourth-order valence-corrected chi connectivity index (χ4v) is 3.56. The number of carbonyl (C=O) groups is 2. The summed E-state index contributed by atoms with van der Waals surface area (Å²) in [6.45, 7) is 5.94. The van der Waals surface area contributed by atoms with Crippen LogP contribution in [0, 0.1) is 26.2 Å². The zero-order valence-electron chi connectivity index (χ0n) is 13.7. The number of rotatable bonds is 4. The third-order valence-corrected chi connectivity index (χ3v) is 4.70. The third-order valence-electron chi connectivity index (χ3n) is 4.70. The summed E-state index contributed by atoms with van der Waals surface area (Å²) in [4.78, 5) is 24.1. The van der Waals surface area contributed by atoms with Crippen LogP contribution in [0.1, 0.15) is 55.2 Å². The van der Waals surface area contributed by atoms with Crippen molar-refractivity contribution in [2.75, 3.05) is 5.32 Å². The molecule has 4 heteroatoms. The second-order valence-corrected chi connectivity index (χ2v) is 6.64. The molecule has 0 aliphatic heterocycles. The van der Waals surface area contributed by atoms with E-state index < -0.39 is 11.4 Å². The number of hydrogen-bond donors (Lipinski definition) is 2. The van der Waals surface area contributed by atoms with E-state index in [1.807, 2.05) is 32.9 Å². The van der Waals surface area contributed by atoms with Crippen LogP contribution in [0.4, 0.5) is 5.69 Å². The van der Waals surface area contributed by atoms with Crippen molar-refractivity contribution in [1.82, 2.24) is 0 Å². The topological polar surface area (TPSA) is 66.4 Å². The van der Waals surface area contributed by atoms with Gasteiger partial charge in [-0.15, -0.1) is 0 Å². The van der Waals surface area contributed by atoms with Gasteiger partial charge < -0.3 is 10.4 Å². The molecule has 0 saturated heterocycles. The van der Waals surface area contributed by atoms with Crippen LogP contribution in [-0.2, 0) is 9.59 Å². The van der Waals surface area contributed by atoms with Crippen molar-refractivity contribution in [2.45, 2.75) is 59.3 Å². The van der Waals surface area contributed by atoms with Gasteiger partial charge in [-0.05, 0) is 44.7 Å². The molecule has 120 valence electrons. The molecule has 0 unspecified atom stereocenters. The molecule has 1 aliphatic carbocycles. The van der Waals surface area contributed by atoms with E-state index in [1.54, 1.807) is 0 Å². The predicted octanol–water partition coefficient (Wildman–Crippen LogP) is 3.98. The lowest BCUT2D eigenvalue weighted by atomic mass is 9.71. The maximum atomic E-state index is 12.4. The Labute approximate surface area is 131 Å². The predicted molar refractivity (Wildman–Crippen MR) is 87.1 cm³/mol. The fraction of sp³-hybridized carbons (Fsp3) is 0.556. The van der Waals surface area contributed by atoms with Crippen molar-refractivity contribution in [3.8, 4) is 0 Å². The Morgan fingerprint density at radius 2 is 1.64 bits per heavy atom. The van der Waals surface area contributed by atoms with E-state index in [1.165, 1.54) is 0 Å². The maximum Gasteiger partial charge on any atom is 0.310 e. The molecule has 0 radical (unpaired) electrons. The van der Waals surface area contributed by atoms with Gasteiger partial charge in [-0.3, -0.25) is 9.59 Å². The normalized spacial score (nSPS) is 17.0. The molecule has 0 atom stereocenters. The first kappa shape index (κ1) is 16.5. The van der Waals surface area contributed by atoms with Crippen LogP contribution >= 0.6 is 0 Å². The highest BCUT2D eigenvalue weighted by atomic mass is 16.4. The van der Waals surface area contributed by atoms with Crippen LogP contribution in [0.2, 0.25) is 0 Å². The second-order valence-electron chi connectivity index (χ2n) is 6.64. The van der Waals surface area contributed by atoms with E-state index in [4.69, 9.17) is 0 Å². The molecule has 2 rings (SSSR count). The van der Waals surface area contributed by atoms with Gasteiger partial charge in [-0.25, -0.2) is 0 Å². The lowest BCUT2D eigenvalue weighted by molar-refractivity contribution is -0.153. The van der Waals surface area contributed by atoms with Crippen molar-refractivity contribution >= 4 is 17.6 Å². The molecule has 0 spiro atoms. The first-order chi connectivity index (χ1) is 10.3. The molecule has 1 aromatic carbocycles. The lowest BCUT2D eigenvalue weighted by Gasteiger charge is -2.32. The number of aryl methyl sites for hydroxylation is 3. The molecule has 1 amide bonds. The van der Waals surface area contributed by atoms with Gasteiger partial charge in [0.1, 0.15) is 0 Å². The van der Waals surface area contributed by atoms with E-state index in [0.29, 0.717) is 12.8 Å². The van der Waals surface area contributed by atoms with E-state index in [2.05, 4.69) is 5.32 Å². The number of amides is 1. The van der Waals surface area contributed by atoms with Crippen molar-refractivity contribution in [2.24, 2.45) is 5.41 Å². The summed E-state index contributed by atoms with van der Waals surface area (Å²) in [6, 6.07) is 4.05. The highest BCUT2D eigenvalue weighted by Gasteiger charge is 2.41. The Hall–Kier alpha value is -1.84. The summed E-state index contributed by atoms with van der Waals surface area (Å²) >= 11 is 0. The van der Waals surface area contributed by atoms with E-state index in [-0.39, 0.29) is 12.3 Å². The van der Waals surface area contributed by atoms with Crippen LogP contribution in [0.25, 0.3) is 0 Å². The number of aliphatic carboxylic acids is 1. The minimum absolute atomic E-state index is 0.0646. The zero-order valence-corrected chi connectivity index (χ0v) is 13.7. The van der Waals surface area contributed by atoms with Crippen LogP contribution in [-0.4, -0.2) is 17.0 Å². The maximum absolute atomic E-state index is 12.4. The third kappa shape index (κ3) is 3.49. The highest BCUT2D eigenvalue weighted by Crippen LogP contribution is 2.40. The summed E-state index contributed by atoms with van der Waals surface area (Å²) in [6.07, 6.45) is 4.11. The van der Waals surface area contributed by atoms with Crippen molar-refractivity contribution in [1.29, 1.82) is 0 Å². The average molecular weight is 303 g/mol. The first-order valence-corrected chi connectivity index (χ1v) is 7.95. The molecule has 1 aliphatic rings. The number of carbonyl (C=O) groups excluding carboxylic acids is 1. The molecule has 4 nitrogen and oxygen atoms in total. The number of hydrogen-bond acceptors (Lipinski definition) is 2. The van der Waals surface area contributed by atoms with Crippen molar-refractivity contribution in [3.05, 3.63) is 28.8 Å². The fourth-order valence-electron chi connectivity index (χ4n) is 3.56. The number of nitrogens with one attached hydrogen (secondary N) is 1. The van der Waals surface area contributed by atoms with Crippen LogP contribution in [0.15, 0.2) is 12.1 Å². The van der Waals surface area contributed by atoms with Crippen LogP contribution in [0.3, 0.4) is 0 Å². The molecule has 0 aromatic heterocycles. The van der Waals surface area contributed by atoms with Gasteiger partial charge >= 0.3 is 5.97 Å². The number of anilines is 1. The monoisotopic (exact) mass is 303 g/mol. The SMILES string of the molecule is Cc1cc(C)c(NC(=O)CC2(C(=O)O)CCCCC2)c(C)c1. The molecule has 1 saturated carbocycles. The Bertz CT molecular complexity index is 563. The zero-order chi connectivity index (χ0) is 16.3. The molecule has 1 fully saturated rings.